The molecule has 2 rings (SSSR count). The molecule has 1 aliphatic rings. The van der Waals surface area contributed by atoms with Crippen LogP contribution in [0.25, 0.3) is 0 Å². The third-order valence-electron chi connectivity index (χ3n) is 7.44. The van der Waals surface area contributed by atoms with Gasteiger partial charge in [-0.1, -0.05) is 49.4 Å². The van der Waals surface area contributed by atoms with E-state index in [1.54, 1.807) is 0 Å². The number of aliphatic hydroxyl groups excluding tert-OH is 2. The lowest BCUT2D eigenvalue weighted by Gasteiger charge is -2.25. The Labute approximate surface area is 251 Å². The third-order valence-corrected chi connectivity index (χ3v) is 7.44. The van der Waals surface area contributed by atoms with E-state index in [0.717, 1.165) is 24.8 Å². The van der Waals surface area contributed by atoms with E-state index in [0.29, 0.717) is 51.6 Å². The first-order chi connectivity index (χ1) is 20.2. The fourth-order valence-corrected chi connectivity index (χ4v) is 5.33. The van der Waals surface area contributed by atoms with Gasteiger partial charge in [0, 0.05) is 13.0 Å². The predicted octanol–water partition coefficient (Wildman–Crippen LogP) is 4.28. The van der Waals surface area contributed by atoms with Gasteiger partial charge in [0.05, 0.1) is 18.3 Å². The summed E-state index contributed by atoms with van der Waals surface area (Å²) in [4.78, 5) is 36.2. The van der Waals surface area contributed by atoms with Gasteiger partial charge in [-0.25, -0.2) is 0 Å². The standard InChI is InChI=1S/C33H51NO8/c1-4-20-40-23-31(37)34-22-33(39)42-26(17-16-25-12-8-7-9-13-25)18-19-28-27(29(35)21-30(28)36)14-10-5-6-11-15-32(38)41-24(2)3/h5,7-10,12-13,24,26-30,35-36H,4,6,11,14-23H2,1-3H3,(H,34,37)/b10-5-/t26-,27+,28+,29-,30+/m0/s1. The maximum atomic E-state index is 12.6. The topological polar surface area (TPSA) is 131 Å². The van der Waals surface area contributed by atoms with Crippen molar-refractivity contribution in [2.75, 3.05) is 19.8 Å². The molecule has 1 aliphatic carbocycles. The predicted molar refractivity (Wildman–Crippen MR) is 160 cm³/mol. The van der Waals surface area contributed by atoms with E-state index >= 15 is 0 Å². The Morgan fingerprint density at radius 1 is 1.00 bits per heavy atom. The number of unbranched alkanes of at least 4 members (excludes halogenated alkanes) is 1. The van der Waals surface area contributed by atoms with Crippen LogP contribution in [0.5, 0.6) is 0 Å². The number of aryl methyl sites for hydroxylation is 1. The van der Waals surface area contributed by atoms with E-state index in [1.165, 1.54) is 0 Å². The van der Waals surface area contributed by atoms with Gasteiger partial charge in [0.2, 0.25) is 5.91 Å². The van der Waals surface area contributed by atoms with Gasteiger partial charge in [-0.3, -0.25) is 14.4 Å². The molecular weight excluding hydrogens is 538 g/mol. The van der Waals surface area contributed by atoms with Crippen LogP contribution in [0, 0.1) is 11.8 Å². The van der Waals surface area contributed by atoms with Crippen LogP contribution in [-0.2, 0) is 35.0 Å². The number of nitrogens with one attached hydrogen (secondary N) is 1. The minimum absolute atomic E-state index is 0.0963. The van der Waals surface area contributed by atoms with E-state index < -0.39 is 24.3 Å². The van der Waals surface area contributed by atoms with Crippen LogP contribution in [0.15, 0.2) is 42.5 Å². The minimum atomic E-state index is -0.628. The van der Waals surface area contributed by atoms with Crippen LogP contribution in [0.4, 0.5) is 0 Å². The van der Waals surface area contributed by atoms with Crippen LogP contribution in [-0.4, -0.2) is 72.2 Å². The second-order valence-corrected chi connectivity index (χ2v) is 11.4. The second kappa shape index (κ2) is 20.2. The van der Waals surface area contributed by atoms with Gasteiger partial charge in [-0.05, 0) is 89.0 Å². The largest absolute Gasteiger partial charge is 0.463 e. The summed E-state index contributed by atoms with van der Waals surface area (Å²) >= 11 is 0. The molecule has 0 bridgehead atoms. The molecule has 5 atom stereocenters. The first kappa shape index (κ1) is 35.4. The number of carbonyl (C=O) groups is 3. The van der Waals surface area contributed by atoms with Crippen molar-refractivity contribution in [3.63, 3.8) is 0 Å². The first-order valence-corrected chi connectivity index (χ1v) is 15.5. The monoisotopic (exact) mass is 589 g/mol. The van der Waals surface area contributed by atoms with Gasteiger partial charge in [-0.2, -0.15) is 0 Å². The Kier molecular flexibility index (Phi) is 17.1. The van der Waals surface area contributed by atoms with Crippen LogP contribution in [0.2, 0.25) is 0 Å². The Morgan fingerprint density at radius 3 is 2.45 bits per heavy atom. The molecule has 0 spiro atoms. The quantitative estimate of drug-likeness (QED) is 0.117. The maximum absolute atomic E-state index is 12.6. The zero-order chi connectivity index (χ0) is 30.7. The number of rotatable bonds is 20. The number of allylic oxidation sites excluding steroid dienone is 2. The minimum Gasteiger partial charge on any atom is -0.463 e. The number of carbonyl (C=O) groups excluding carboxylic acids is 3. The molecule has 0 aliphatic heterocycles. The van der Waals surface area contributed by atoms with Gasteiger partial charge >= 0.3 is 11.9 Å². The molecule has 3 N–H and O–H groups in total. The summed E-state index contributed by atoms with van der Waals surface area (Å²) in [5.74, 6) is -1.30. The lowest BCUT2D eigenvalue weighted by Crippen LogP contribution is -2.35. The number of aliphatic hydroxyl groups is 2. The van der Waals surface area contributed by atoms with E-state index in [2.05, 4.69) is 5.32 Å². The molecule has 0 heterocycles. The summed E-state index contributed by atoms with van der Waals surface area (Å²) in [6.45, 7) is 5.76. The zero-order valence-electron chi connectivity index (χ0n) is 25.5. The van der Waals surface area contributed by atoms with Crippen molar-refractivity contribution >= 4 is 17.8 Å². The molecule has 236 valence electrons. The Hall–Kier alpha value is -2.75. The highest BCUT2D eigenvalue weighted by molar-refractivity contribution is 5.82. The molecule has 0 aromatic heterocycles. The van der Waals surface area contributed by atoms with Crippen molar-refractivity contribution in [1.82, 2.24) is 5.32 Å². The summed E-state index contributed by atoms with van der Waals surface area (Å²) in [5, 5.41) is 23.9. The summed E-state index contributed by atoms with van der Waals surface area (Å²) in [6.07, 6.45) is 8.33. The molecule has 1 aromatic carbocycles. The highest BCUT2D eigenvalue weighted by Gasteiger charge is 2.40. The van der Waals surface area contributed by atoms with Crippen molar-refractivity contribution in [3.05, 3.63) is 48.0 Å². The van der Waals surface area contributed by atoms with Crippen molar-refractivity contribution in [2.45, 2.75) is 109 Å². The Morgan fingerprint density at radius 2 is 1.74 bits per heavy atom. The average molecular weight is 590 g/mol. The Balaban J connectivity index is 1.89. The molecule has 0 unspecified atom stereocenters. The molecule has 1 saturated carbocycles. The molecule has 0 radical (unpaired) electrons. The number of amides is 1. The number of hydrogen-bond acceptors (Lipinski definition) is 8. The number of ether oxygens (including phenoxy) is 3. The zero-order valence-corrected chi connectivity index (χ0v) is 25.5. The summed E-state index contributed by atoms with van der Waals surface area (Å²) in [6, 6.07) is 9.96. The molecule has 9 nitrogen and oxygen atoms in total. The molecule has 1 aromatic rings. The van der Waals surface area contributed by atoms with E-state index in [4.69, 9.17) is 14.2 Å². The number of esters is 2. The fraction of sp³-hybridized carbons (Fsp3) is 0.667. The van der Waals surface area contributed by atoms with Gasteiger partial charge < -0.3 is 29.7 Å². The fourth-order valence-electron chi connectivity index (χ4n) is 5.33. The summed E-state index contributed by atoms with van der Waals surface area (Å²) in [7, 11) is 0. The smallest absolute Gasteiger partial charge is 0.325 e. The lowest BCUT2D eigenvalue weighted by atomic mass is 9.85. The third kappa shape index (κ3) is 14.4. The molecular formula is C33H51NO8. The molecule has 42 heavy (non-hydrogen) atoms. The summed E-state index contributed by atoms with van der Waals surface area (Å²) in [5.41, 5.74) is 1.14. The van der Waals surface area contributed by atoms with Crippen LogP contribution >= 0.6 is 0 Å². The second-order valence-electron chi connectivity index (χ2n) is 11.4. The van der Waals surface area contributed by atoms with Crippen molar-refractivity contribution in [1.29, 1.82) is 0 Å². The normalized spacial score (nSPS) is 21.0. The van der Waals surface area contributed by atoms with Gasteiger partial charge in [0.15, 0.2) is 0 Å². The van der Waals surface area contributed by atoms with E-state index in [1.807, 2.05) is 63.3 Å². The lowest BCUT2D eigenvalue weighted by molar-refractivity contribution is -0.150. The van der Waals surface area contributed by atoms with Crippen LogP contribution in [0.3, 0.4) is 0 Å². The van der Waals surface area contributed by atoms with E-state index in [-0.39, 0.29) is 43.0 Å². The van der Waals surface area contributed by atoms with Crippen molar-refractivity contribution in [3.8, 4) is 0 Å². The molecule has 1 amide bonds. The maximum Gasteiger partial charge on any atom is 0.325 e. The SMILES string of the molecule is CCCOCC(=O)NCC(=O)O[C@@H](CCc1ccccc1)CC[C@@H]1[C@@H](C/C=C\CCCC(=O)OC(C)C)[C@@H](O)C[C@H]1O. The van der Waals surface area contributed by atoms with Gasteiger partial charge in [0.25, 0.3) is 0 Å². The average Bonchev–Trinajstić information content (AvgIpc) is 3.22. The van der Waals surface area contributed by atoms with Crippen LogP contribution in [0.1, 0.15) is 84.1 Å². The van der Waals surface area contributed by atoms with Gasteiger partial charge in [0.1, 0.15) is 19.3 Å². The highest BCUT2D eigenvalue weighted by Crippen LogP contribution is 2.38. The molecule has 9 heteroatoms. The number of hydrogen-bond donors (Lipinski definition) is 3. The van der Waals surface area contributed by atoms with Crippen molar-refractivity contribution < 1.29 is 38.8 Å². The Bertz CT molecular complexity index is 951. The van der Waals surface area contributed by atoms with Crippen LogP contribution < -0.4 is 5.32 Å². The highest BCUT2D eigenvalue weighted by atomic mass is 16.5. The summed E-state index contributed by atoms with van der Waals surface area (Å²) < 4.78 is 16.1. The van der Waals surface area contributed by atoms with Gasteiger partial charge in [-0.15, -0.1) is 0 Å². The van der Waals surface area contributed by atoms with E-state index in [9.17, 15) is 24.6 Å². The van der Waals surface area contributed by atoms with Crippen molar-refractivity contribution in [2.24, 2.45) is 11.8 Å². The molecule has 0 saturated heterocycles. The molecule has 1 fully saturated rings. The first-order valence-electron chi connectivity index (χ1n) is 15.5. The number of benzene rings is 1.